The molecular formula is C11H12BrClN2O4. The van der Waals surface area contributed by atoms with Crippen LogP contribution in [-0.2, 0) is 4.79 Å². The molecule has 0 aromatic heterocycles. The van der Waals surface area contributed by atoms with Crippen LogP contribution in [0.3, 0.4) is 0 Å². The molecule has 0 fully saturated rings. The van der Waals surface area contributed by atoms with E-state index in [9.17, 15) is 9.59 Å². The second-order valence-corrected chi connectivity index (χ2v) is 4.95. The number of nitrogens with one attached hydrogen (secondary N) is 2. The van der Waals surface area contributed by atoms with E-state index in [0.717, 1.165) is 4.47 Å². The van der Waals surface area contributed by atoms with Crippen LogP contribution in [0, 0.1) is 0 Å². The highest BCUT2D eigenvalue weighted by Gasteiger charge is 2.19. The first kappa shape index (κ1) is 15.7. The third kappa shape index (κ3) is 5.06. The highest BCUT2D eigenvalue weighted by atomic mass is 79.9. The Labute approximate surface area is 122 Å². The van der Waals surface area contributed by atoms with Gasteiger partial charge in [-0.2, -0.15) is 0 Å². The van der Waals surface area contributed by atoms with E-state index in [2.05, 4.69) is 26.6 Å². The van der Waals surface area contributed by atoms with E-state index in [1.165, 1.54) is 0 Å². The smallest absolute Gasteiger partial charge is 0.326 e. The molecule has 4 N–H and O–H groups in total. The van der Waals surface area contributed by atoms with Crippen molar-refractivity contribution < 1.29 is 19.8 Å². The lowest BCUT2D eigenvalue weighted by Crippen LogP contribution is -2.43. The highest BCUT2D eigenvalue weighted by molar-refractivity contribution is 9.10. The molecule has 0 saturated heterocycles. The molecule has 6 nitrogen and oxygen atoms in total. The normalized spacial score (nSPS) is 11.7. The molecule has 2 amide bonds. The first-order valence-electron chi connectivity index (χ1n) is 5.30. The molecule has 0 aliphatic heterocycles. The van der Waals surface area contributed by atoms with Gasteiger partial charge in [-0.05, 0) is 18.2 Å². The van der Waals surface area contributed by atoms with Crippen LogP contribution in [0.4, 0.5) is 10.5 Å². The first-order valence-corrected chi connectivity index (χ1v) is 6.47. The Morgan fingerprint density at radius 1 is 1.42 bits per heavy atom. The number of carboxylic acids is 1. The predicted molar refractivity (Wildman–Crippen MR) is 74.4 cm³/mol. The maximum absolute atomic E-state index is 11.6. The van der Waals surface area contributed by atoms with E-state index in [4.69, 9.17) is 21.8 Å². The fraction of sp³-hybridized carbons (Fsp3) is 0.273. The summed E-state index contributed by atoms with van der Waals surface area (Å²) < 4.78 is 0.757. The first-order chi connectivity index (χ1) is 8.93. The minimum absolute atomic E-state index is 0.0726. The van der Waals surface area contributed by atoms with Gasteiger partial charge in [-0.25, -0.2) is 9.59 Å². The number of urea groups is 1. The Hall–Kier alpha value is -1.31. The number of rotatable bonds is 5. The van der Waals surface area contributed by atoms with Crippen molar-refractivity contribution in [1.29, 1.82) is 0 Å². The molecule has 0 saturated carbocycles. The van der Waals surface area contributed by atoms with Gasteiger partial charge in [0.25, 0.3) is 0 Å². The van der Waals surface area contributed by atoms with Crippen molar-refractivity contribution in [2.24, 2.45) is 0 Å². The minimum atomic E-state index is -1.22. The summed E-state index contributed by atoms with van der Waals surface area (Å²) in [6.07, 6.45) is -0.0726. The van der Waals surface area contributed by atoms with Gasteiger partial charge >= 0.3 is 12.0 Å². The van der Waals surface area contributed by atoms with Crippen molar-refractivity contribution in [2.45, 2.75) is 12.5 Å². The van der Waals surface area contributed by atoms with Crippen molar-refractivity contribution in [1.82, 2.24) is 5.32 Å². The molecule has 8 heteroatoms. The van der Waals surface area contributed by atoms with Gasteiger partial charge in [-0.1, -0.05) is 27.5 Å². The number of anilines is 1. The number of hydrogen-bond donors (Lipinski definition) is 4. The largest absolute Gasteiger partial charge is 0.480 e. The van der Waals surface area contributed by atoms with Gasteiger partial charge in [0.2, 0.25) is 0 Å². The Morgan fingerprint density at radius 2 is 2.11 bits per heavy atom. The van der Waals surface area contributed by atoms with Crippen molar-refractivity contribution in [3.05, 3.63) is 27.7 Å². The zero-order chi connectivity index (χ0) is 14.4. The Morgan fingerprint density at radius 3 is 2.63 bits per heavy atom. The van der Waals surface area contributed by atoms with Crippen LogP contribution in [-0.4, -0.2) is 34.9 Å². The van der Waals surface area contributed by atoms with Crippen LogP contribution < -0.4 is 10.6 Å². The summed E-state index contributed by atoms with van der Waals surface area (Å²) in [6, 6.07) is 3.00. The monoisotopic (exact) mass is 350 g/mol. The number of aliphatic carboxylic acids is 1. The molecule has 0 bridgehead atoms. The molecular weight excluding hydrogens is 339 g/mol. The zero-order valence-electron chi connectivity index (χ0n) is 9.69. The highest BCUT2D eigenvalue weighted by Crippen LogP contribution is 2.25. The molecule has 19 heavy (non-hydrogen) atoms. The number of carbonyl (C=O) groups is 2. The lowest BCUT2D eigenvalue weighted by atomic mass is 10.2. The number of benzene rings is 1. The molecule has 0 radical (unpaired) electrons. The number of amides is 2. The van der Waals surface area contributed by atoms with Crippen LogP contribution in [0.25, 0.3) is 0 Å². The van der Waals surface area contributed by atoms with Gasteiger partial charge in [0.15, 0.2) is 0 Å². The second kappa shape index (κ2) is 7.32. The molecule has 0 unspecified atom stereocenters. The lowest BCUT2D eigenvalue weighted by Gasteiger charge is -2.14. The van der Waals surface area contributed by atoms with Crippen LogP contribution in [0.1, 0.15) is 6.42 Å². The topological polar surface area (TPSA) is 98.7 Å². The van der Waals surface area contributed by atoms with Gasteiger partial charge in [-0.3, -0.25) is 0 Å². The summed E-state index contributed by atoms with van der Waals surface area (Å²) in [7, 11) is 0. The third-order valence-corrected chi connectivity index (χ3v) is 3.01. The standard InChI is InChI=1S/C11H12BrClN2O4/c12-6-1-2-8(7(13)5-6)14-11(19)15-9(3-4-16)10(17)18/h1-2,5,9,16H,3-4H2,(H,17,18)(H2,14,15,19)/t9-/m1/s1. The van der Waals surface area contributed by atoms with Crippen LogP contribution in [0.5, 0.6) is 0 Å². The molecule has 0 aliphatic carbocycles. The minimum Gasteiger partial charge on any atom is -0.480 e. The average molecular weight is 352 g/mol. The van der Waals surface area contributed by atoms with E-state index in [1.807, 2.05) is 0 Å². The molecule has 104 valence electrons. The van der Waals surface area contributed by atoms with Crippen molar-refractivity contribution in [3.63, 3.8) is 0 Å². The lowest BCUT2D eigenvalue weighted by molar-refractivity contribution is -0.139. The molecule has 1 atom stereocenters. The van der Waals surface area contributed by atoms with Gasteiger partial charge in [-0.15, -0.1) is 0 Å². The van der Waals surface area contributed by atoms with Crippen molar-refractivity contribution in [3.8, 4) is 0 Å². The predicted octanol–water partition coefficient (Wildman–Crippen LogP) is 2.06. The number of halogens is 2. The van der Waals surface area contributed by atoms with E-state index in [-0.39, 0.29) is 13.0 Å². The fourth-order valence-corrected chi connectivity index (χ4v) is 2.01. The van der Waals surface area contributed by atoms with E-state index in [1.54, 1.807) is 18.2 Å². The SMILES string of the molecule is O=C(Nc1ccc(Br)cc1Cl)N[C@H](CCO)C(=O)O. The summed E-state index contributed by atoms with van der Waals surface area (Å²) in [5, 5.41) is 22.5. The molecule has 1 rings (SSSR count). The molecule has 0 spiro atoms. The Bertz CT molecular complexity index is 484. The van der Waals surface area contributed by atoms with E-state index in [0.29, 0.717) is 10.7 Å². The zero-order valence-corrected chi connectivity index (χ0v) is 12.0. The van der Waals surface area contributed by atoms with Crippen LogP contribution in [0.2, 0.25) is 5.02 Å². The maximum Gasteiger partial charge on any atom is 0.326 e. The second-order valence-electron chi connectivity index (χ2n) is 3.63. The van der Waals surface area contributed by atoms with E-state index >= 15 is 0 Å². The summed E-state index contributed by atoms with van der Waals surface area (Å²) in [5.74, 6) is -1.22. The summed E-state index contributed by atoms with van der Waals surface area (Å²) >= 11 is 9.13. The van der Waals surface area contributed by atoms with Crippen molar-refractivity contribution in [2.75, 3.05) is 11.9 Å². The average Bonchev–Trinajstić information content (AvgIpc) is 2.32. The van der Waals surface area contributed by atoms with Crippen molar-refractivity contribution >= 4 is 45.2 Å². The van der Waals surface area contributed by atoms with Gasteiger partial charge in [0, 0.05) is 17.5 Å². The van der Waals surface area contributed by atoms with Crippen LogP contribution >= 0.6 is 27.5 Å². The molecule has 1 aromatic carbocycles. The number of aliphatic hydroxyl groups is 1. The summed E-state index contributed by atoms with van der Waals surface area (Å²) in [5.41, 5.74) is 0.357. The molecule has 1 aromatic rings. The van der Waals surface area contributed by atoms with Gasteiger partial charge in [0.05, 0.1) is 10.7 Å². The van der Waals surface area contributed by atoms with Gasteiger partial charge in [0.1, 0.15) is 6.04 Å². The quantitative estimate of drug-likeness (QED) is 0.652. The Balaban J connectivity index is 2.66. The number of hydrogen-bond acceptors (Lipinski definition) is 3. The third-order valence-electron chi connectivity index (χ3n) is 2.20. The molecule has 0 heterocycles. The summed E-state index contributed by atoms with van der Waals surface area (Å²) in [4.78, 5) is 22.4. The fourth-order valence-electron chi connectivity index (χ4n) is 1.29. The van der Waals surface area contributed by atoms with Crippen LogP contribution in [0.15, 0.2) is 22.7 Å². The number of carbonyl (C=O) groups excluding carboxylic acids is 1. The molecule has 0 aliphatic rings. The summed E-state index contributed by atoms with van der Waals surface area (Å²) in [6.45, 7) is -0.337. The van der Waals surface area contributed by atoms with E-state index < -0.39 is 18.0 Å². The van der Waals surface area contributed by atoms with Gasteiger partial charge < -0.3 is 20.8 Å². The number of carboxylic acid groups (broad SMARTS) is 1. The number of aliphatic hydroxyl groups excluding tert-OH is 1. The maximum atomic E-state index is 11.6. The Kier molecular flexibility index (Phi) is 6.07.